The van der Waals surface area contributed by atoms with Gasteiger partial charge in [0.1, 0.15) is 146 Å². The Morgan fingerprint density at radius 1 is 0.346 bits per heavy atom. The first-order chi connectivity index (χ1) is 36.9. The maximum absolute atomic E-state index is 13.8. The lowest BCUT2D eigenvalue weighted by Crippen LogP contribution is -2.69. The number of rotatable bonds is 9. The molecule has 22 saturated heterocycles. The van der Waals surface area contributed by atoms with Crippen molar-refractivity contribution < 1.29 is 156 Å². The van der Waals surface area contributed by atoms with Crippen molar-refractivity contribution in [3.8, 4) is 0 Å². The van der Waals surface area contributed by atoms with Crippen LogP contribution in [0.3, 0.4) is 0 Å². The molecule has 22 heterocycles. The van der Waals surface area contributed by atoms with E-state index in [4.69, 9.17) is 61.0 Å². The third kappa shape index (κ3) is 12.2. The lowest BCUT2D eigenvalue weighted by molar-refractivity contribution is -0.403. The molecule has 22 aliphatic heterocycles. The molecule has 78 heavy (non-hydrogen) atoms. The molecular weight excluding hydrogens is 1080 g/mol. The minimum Gasteiger partial charge on any atom is -0.394 e. The summed E-state index contributed by atoms with van der Waals surface area (Å²) in [5.74, 6) is 0. The Morgan fingerprint density at radius 3 is 0.769 bits per heavy atom. The third-order valence-electron chi connectivity index (χ3n) is 14.7. The van der Waals surface area contributed by atoms with Crippen molar-refractivity contribution in [1.82, 2.24) is 0 Å². The van der Waals surface area contributed by atoms with Gasteiger partial charge in [0.15, 0.2) is 37.7 Å². The molecule has 448 valence electrons. The molecule has 0 saturated carbocycles. The number of aliphatic hydroxyl groups excluding tert-OH is 17. The summed E-state index contributed by atoms with van der Waals surface area (Å²) >= 11 is 0. The molecule has 30 atom stereocenters. The second-order valence-electron chi connectivity index (χ2n) is 20.1. The Balaban J connectivity index is 1.13. The summed E-state index contributed by atoms with van der Waals surface area (Å²) < 4.78 is 102. The van der Waals surface area contributed by atoms with Crippen molar-refractivity contribution in [1.29, 1.82) is 0 Å². The number of aliphatic hydroxyl groups is 17. The Morgan fingerprint density at radius 2 is 0.551 bits per heavy atom. The van der Waals surface area contributed by atoms with Crippen LogP contribution in [-0.4, -0.2) is 319 Å². The van der Waals surface area contributed by atoms with Crippen LogP contribution in [0.1, 0.15) is 16.7 Å². The van der Waals surface area contributed by atoms with E-state index >= 15 is 0 Å². The van der Waals surface area contributed by atoms with Gasteiger partial charge in [0.25, 0.3) is 10.1 Å². The van der Waals surface area contributed by atoms with Crippen LogP contribution in [0.5, 0.6) is 0 Å². The van der Waals surface area contributed by atoms with Gasteiger partial charge in [-0.2, -0.15) is 8.42 Å². The highest BCUT2D eigenvalue weighted by Gasteiger charge is 2.59. The molecule has 32 nitrogen and oxygen atoms in total. The molecule has 0 amide bonds. The zero-order valence-corrected chi connectivity index (χ0v) is 42.7. The topological polar surface area (TPSA) is 498 Å². The van der Waals surface area contributed by atoms with Gasteiger partial charge in [-0.15, -0.1) is 0 Å². The second kappa shape index (κ2) is 25.4. The average molecular weight is 1160 g/mol. The van der Waals surface area contributed by atoms with Crippen molar-refractivity contribution in [2.45, 2.75) is 210 Å². The van der Waals surface area contributed by atoms with Crippen molar-refractivity contribution in [3.63, 3.8) is 0 Å². The summed E-state index contributed by atoms with van der Waals surface area (Å²) in [5.41, 5.74) is 1.26. The van der Waals surface area contributed by atoms with Crippen molar-refractivity contribution in [2.75, 3.05) is 39.6 Å². The standard InChI is InChI=1S/C45H70O32S/c1-12-4-13(2)39(14(3)5-12)78(63,64)65-11-20-38-26(56)32(62)45(71-20)76-37-19(10-50)69-43(30(60)24(37)54)74-35-17(8-48)67-41(28(58)22(35)52)72-33-15(6-46)66-40(27(57)21(33)51)73-34-16(7-47)68-42(29(59)23(34)53)75-36-18(9-49)70-44(77-38)31(61)25(36)55/h4-5,15-38,40-62H,6-11H2,1-3H3/t15-,16-,17-,18-,19-,20-,21-,22-,23-,24-,25-,26-,27-,28-,29-,30-,31-,32-,33-,34-,35-,36-,37-,38-,40-,41-,42-,43-,44-,45-/m1/s1. The van der Waals surface area contributed by atoms with Gasteiger partial charge in [0, 0.05) is 0 Å². The molecule has 1 aromatic carbocycles. The molecule has 22 fully saturated rings. The number of ether oxygens (including phenoxy) is 12. The number of hydrogen-bond acceptors (Lipinski definition) is 32. The lowest BCUT2D eigenvalue weighted by atomic mass is 9.94. The quantitative estimate of drug-likeness (QED) is 0.102. The third-order valence-corrected chi connectivity index (χ3v) is 16.3. The SMILES string of the molecule is Cc1cc(C)c(S(=O)(=O)OC[C@H]2O[C@@H]3O[C@H]4[C@H](O)[C@@H](O)[C@@H](O[C@H]5[C@H](O)[C@@H](O)[C@@H](O[C@H]6[C@H](O)[C@@H](O)[C@@H](O[C@H]7[C@H](O)[C@@H](O)[C@@H](O[C@H]8[C@H](O)[C@@H](O)[C@@H](O[C@H]2[C@H](O)[C@H]3O)O[C@@H]8CO)O[C@@H]7CO)O[C@@H]6CO)O[C@@H]5CO)O[C@@H]4CO)c(C)c1. The van der Waals surface area contributed by atoms with Crippen molar-refractivity contribution in [2.24, 2.45) is 0 Å². The molecule has 0 aliphatic carbocycles. The molecule has 1 aromatic rings. The molecular formula is C45H70O32S. The minimum absolute atomic E-state index is 0.252. The molecule has 23 rings (SSSR count). The van der Waals surface area contributed by atoms with E-state index in [0.29, 0.717) is 5.56 Å². The maximum Gasteiger partial charge on any atom is 0.297 e. The zero-order chi connectivity index (χ0) is 57.0. The van der Waals surface area contributed by atoms with Gasteiger partial charge >= 0.3 is 0 Å². The van der Waals surface area contributed by atoms with Gasteiger partial charge in [-0.1, -0.05) is 17.7 Å². The van der Waals surface area contributed by atoms with Gasteiger partial charge in [-0.3, -0.25) is 4.18 Å². The van der Waals surface area contributed by atoms with E-state index in [-0.39, 0.29) is 16.0 Å². The van der Waals surface area contributed by atoms with E-state index in [1.165, 1.54) is 13.8 Å². The Labute approximate surface area is 443 Å². The summed E-state index contributed by atoms with van der Waals surface area (Å²) in [6, 6.07) is 3.13. The summed E-state index contributed by atoms with van der Waals surface area (Å²) in [6.07, 6.45) is -61.2. The second-order valence-corrected chi connectivity index (χ2v) is 21.7. The van der Waals surface area contributed by atoms with Crippen molar-refractivity contribution in [3.05, 3.63) is 28.8 Å². The van der Waals surface area contributed by atoms with Gasteiger partial charge in [0.05, 0.1) is 44.5 Å². The predicted octanol–water partition coefficient (Wildman–Crippen LogP) is -10.7. The summed E-state index contributed by atoms with van der Waals surface area (Å²) in [6.45, 7) is -1.60. The van der Waals surface area contributed by atoms with Crippen LogP contribution in [0.4, 0.5) is 0 Å². The summed E-state index contributed by atoms with van der Waals surface area (Å²) in [7, 11) is -4.72. The average Bonchev–Trinajstić information content (AvgIpc) is 3.42. The Kier molecular flexibility index (Phi) is 20.2. The van der Waals surface area contributed by atoms with Gasteiger partial charge in [-0.25, -0.2) is 0 Å². The summed E-state index contributed by atoms with van der Waals surface area (Å²) in [4.78, 5) is -0.252. The van der Waals surface area contributed by atoms with E-state index in [1.54, 1.807) is 19.1 Å². The molecule has 12 bridgehead atoms. The summed E-state index contributed by atoms with van der Waals surface area (Å²) in [5, 5.41) is 189. The Hall–Kier alpha value is -2.03. The Bertz CT molecular complexity index is 2200. The first-order valence-corrected chi connectivity index (χ1v) is 26.3. The van der Waals surface area contributed by atoms with Crippen LogP contribution in [0, 0.1) is 20.8 Å². The largest absolute Gasteiger partial charge is 0.394 e. The molecule has 22 aliphatic rings. The van der Waals surface area contributed by atoms with Crippen LogP contribution >= 0.6 is 0 Å². The van der Waals surface area contributed by atoms with E-state index in [2.05, 4.69) is 0 Å². The van der Waals surface area contributed by atoms with Gasteiger partial charge in [-0.05, 0) is 31.9 Å². The first kappa shape index (κ1) is 62.0. The van der Waals surface area contributed by atoms with E-state index in [9.17, 15) is 95.2 Å². The maximum atomic E-state index is 13.8. The van der Waals surface area contributed by atoms with E-state index < -0.39 is 234 Å². The monoisotopic (exact) mass is 1150 g/mol. The highest BCUT2D eigenvalue weighted by Crippen LogP contribution is 2.39. The first-order valence-electron chi connectivity index (χ1n) is 24.9. The van der Waals surface area contributed by atoms with Crippen LogP contribution in [0.25, 0.3) is 0 Å². The lowest BCUT2D eigenvalue weighted by Gasteiger charge is -2.50. The number of benzene rings is 1. The van der Waals surface area contributed by atoms with Gasteiger partial charge in [0.2, 0.25) is 0 Å². The molecule has 0 spiro atoms. The van der Waals surface area contributed by atoms with E-state index in [0.717, 1.165) is 0 Å². The van der Waals surface area contributed by atoms with Crippen LogP contribution < -0.4 is 0 Å². The van der Waals surface area contributed by atoms with Crippen LogP contribution in [0.15, 0.2) is 17.0 Å². The minimum atomic E-state index is -4.72. The molecule has 0 aromatic heterocycles. The fourth-order valence-corrected chi connectivity index (χ4v) is 12.0. The molecule has 0 unspecified atom stereocenters. The van der Waals surface area contributed by atoms with Crippen LogP contribution in [-0.2, 0) is 71.1 Å². The normalized spacial score (nSPS) is 48.9. The molecule has 0 radical (unpaired) electrons. The van der Waals surface area contributed by atoms with Gasteiger partial charge < -0.3 is 144 Å². The molecule has 17 N–H and O–H groups in total. The highest BCUT2D eigenvalue weighted by atomic mass is 32.2. The predicted molar refractivity (Wildman–Crippen MR) is 243 cm³/mol. The zero-order valence-electron chi connectivity index (χ0n) is 41.9. The highest BCUT2D eigenvalue weighted by molar-refractivity contribution is 7.86. The fourth-order valence-electron chi connectivity index (χ4n) is 10.7. The fraction of sp³-hybridized carbons (Fsp3) is 0.867. The van der Waals surface area contributed by atoms with E-state index in [1.807, 2.05) is 0 Å². The van der Waals surface area contributed by atoms with Crippen molar-refractivity contribution >= 4 is 10.1 Å². The molecule has 33 heteroatoms. The smallest absolute Gasteiger partial charge is 0.297 e. The van der Waals surface area contributed by atoms with Crippen LogP contribution in [0.2, 0.25) is 0 Å². The number of hydrogen-bond donors (Lipinski definition) is 17. The number of aryl methyl sites for hydroxylation is 3.